The van der Waals surface area contributed by atoms with Crippen LogP contribution in [0.5, 0.6) is 0 Å². The van der Waals surface area contributed by atoms with Crippen LogP contribution < -0.4 is 0 Å². The first-order valence-electron chi connectivity index (χ1n) is 3.23. The lowest BCUT2D eigenvalue weighted by Crippen LogP contribution is -2.19. The molecule has 0 heterocycles. The molecule has 0 bridgehead atoms. The second-order valence-electron chi connectivity index (χ2n) is 1.98. The fourth-order valence-corrected chi connectivity index (χ4v) is 0.393. The molecule has 4 nitrogen and oxygen atoms in total. The van der Waals surface area contributed by atoms with Crippen molar-refractivity contribution in [3.63, 3.8) is 0 Å². The molecule has 4 heteroatoms. The van der Waals surface area contributed by atoms with E-state index in [1.54, 1.807) is 0 Å². The summed E-state index contributed by atoms with van der Waals surface area (Å²) in [7, 11) is 0. The zero-order valence-electron chi connectivity index (χ0n) is 6.83. The maximum Gasteiger partial charge on any atom is 0.422 e. The average Bonchev–Trinajstić information content (AvgIpc) is 1.98. The van der Waals surface area contributed by atoms with Crippen molar-refractivity contribution in [1.29, 1.82) is 0 Å². The van der Waals surface area contributed by atoms with Gasteiger partial charge in [-0.25, -0.2) is 9.59 Å². The van der Waals surface area contributed by atoms with Gasteiger partial charge in [-0.2, -0.15) is 0 Å². The Kier molecular flexibility index (Phi) is 4.45. The zero-order chi connectivity index (χ0) is 9.56. The van der Waals surface area contributed by atoms with Crippen LogP contribution in [0.2, 0.25) is 0 Å². The Bertz CT molecular complexity index is 217. The smallest absolute Gasteiger partial charge is 0.422 e. The maximum atomic E-state index is 10.7. The number of rotatable bonds is 3. The van der Waals surface area contributed by atoms with Crippen LogP contribution in [-0.4, -0.2) is 18.5 Å². The number of carbonyl (C=O) groups is 2. The van der Waals surface area contributed by atoms with Gasteiger partial charge in [0.25, 0.3) is 0 Å². The molecule has 0 fully saturated rings. The number of allylic oxidation sites excluding steroid dienone is 1. The van der Waals surface area contributed by atoms with E-state index < -0.39 is 11.9 Å². The van der Waals surface area contributed by atoms with Crippen molar-refractivity contribution in [3.05, 3.63) is 25.0 Å². The highest BCUT2D eigenvalue weighted by Gasteiger charge is 2.16. The number of carbonyl (C=O) groups excluding carboxylic acids is 2. The summed E-state index contributed by atoms with van der Waals surface area (Å²) in [4.78, 5) is 21.3. The monoisotopic (exact) mass is 170 g/mol. The van der Waals surface area contributed by atoms with E-state index in [1.807, 2.05) is 0 Å². The van der Waals surface area contributed by atoms with Crippen molar-refractivity contribution in [3.8, 4) is 0 Å². The highest BCUT2D eigenvalue weighted by Crippen LogP contribution is 1.93. The molecule has 0 atom stereocenters. The van der Waals surface area contributed by atoms with Crippen LogP contribution in [0.15, 0.2) is 25.0 Å². The Hall–Kier alpha value is -1.58. The van der Waals surface area contributed by atoms with Crippen LogP contribution in [0.4, 0.5) is 0 Å². The molecule has 66 valence electrons. The van der Waals surface area contributed by atoms with Gasteiger partial charge in [0.1, 0.15) is 6.61 Å². The molecule has 0 aliphatic rings. The third kappa shape index (κ3) is 4.27. The Morgan fingerprint density at radius 2 is 2.00 bits per heavy atom. The van der Waals surface area contributed by atoms with E-state index in [4.69, 9.17) is 0 Å². The second kappa shape index (κ2) is 5.12. The van der Waals surface area contributed by atoms with E-state index in [2.05, 4.69) is 22.6 Å². The molecule has 0 radical (unpaired) electrons. The molecular weight excluding hydrogens is 160 g/mol. The topological polar surface area (TPSA) is 52.6 Å². The number of esters is 2. The lowest BCUT2D eigenvalue weighted by atomic mass is 10.6. The minimum absolute atomic E-state index is 0.00980. The average molecular weight is 170 g/mol. The van der Waals surface area contributed by atoms with Crippen molar-refractivity contribution >= 4 is 11.9 Å². The van der Waals surface area contributed by atoms with Gasteiger partial charge < -0.3 is 9.47 Å². The van der Waals surface area contributed by atoms with Gasteiger partial charge in [0.2, 0.25) is 0 Å². The van der Waals surface area contributed by atoms with Crippen molar-refractivity contribution in [1.82, 2.24) is 0 Å². The van der Waals surface area contributed by atoms with Gasteiger partial charge in [0.15, 0.2) is 0 Å². The number of hydrogen-bond acceptors (Lipinski definition) is 4. The standard InChI is InChI=1S/C8H10O4/c1-4-5-11-7(9)8(10)12-6(2)3/h4H,1-2,5H2,3H3. The van der Waals surface area contributed by atoms with Gasteiger partial charge in [-0.15, -0.1) is 0 Å². The van der Waals surface area contributed by atoms with Gasteiger partial charge in [-0.1, -0.05) is 19.2 Å². The fourth-order valence-electron chi connectivity index (χ4n) is 0.393. The van der Waals surface area contributed by atoms with E-state index in [9.17, 15) is 9.59 Å². The van der Waals surface area contributed by atoms with Crippen LogP contribution in [0.3, 0.4) is 0 Å². The van der Waals surface area contributed by atoms with Crippen molar-refractivity contribution in [2.75, 3.05) is 6.61 Å². The summed E-state index contributed by atoms with van der Waals surface area (Å²) in [6.07, 6.45) is 1.35. The summed E-state index contributed by atoms with van der Waals surface area (Å²) in [5.74, 6) is -1.96. The zero-order valence-corrected chi connectivity index (χ0v) is 6.83. The van der Waals surface area contributed by atoms with E-state index in [1.165, 1.54) is 13.0 Å². The predicted octanol–water partition coefficient (Wildman–Crippen LogP) is 0.792. The summed E-state index contributed by atoms with van der Waals surface area (Å²) < 4.78 is 8.75. The van der Waals surface area contributed by atoms with E-state index in [0.717, 1.165) is 0 Å². The molecule has 0 amide bonds. The third-order valence-corrected chi connectivity index (χ3v) is 0.766. The van der Waals surface area contributed by atoms with E-state index >= 15 is 0 Å². The van der Waals surface area contributed by atoms with Crippen LogP contribution in [0.1, 0.15) is 6.92 Å². The molecule has 0 aromatic heterocycles. The molecule has 0 spiro atoms. The molecule has 0 unspecified atom stereocenters. The first kappa shape index (κ1) is 10.4. The van der Waals surface area contributed by atoms with Crippen LogP contribution >= 0.6 is 0 Å². The summed E-state index contributed by atoms with van der Waals surface area (Å²) in [5, 5.41) is 0. The normalized spacial score (nSPS) is 8.42. The minimum Gasteiger partial charge on any atom is -0.453 e. The molecule has 12 heavy (non-hydrogen) atoms. The SMILES string of the molecule is C=CCOC(=O)C(=O)OC(=C)C. The molecule has 0 aromatic carbocycles. The molecule has 0 rings (SSSR count). The second-order valence-corrected chi connectivity index (χ2v) is 1.98. The first-order chi connectivity index (χ1) is 5.57. The highest BCUT2D eigenvalue weighted by molar-refractivity contribution is 6.29. The molecule has 0 saturated heterocycles. The molecule has 0 aliphatic carbocycles. The Balaban J connectivity index is 3.85. The van der Waals surface area contributed by atoms with Gasteiger partial charge >= 0.3 is 11.9 Å². The quantitative estimate of drug-likeness (QED) is 0.272. The number of ether oxygens (including phenoxy) is 2. The summed E-state index contributed by atoms with van der Waals surface area (Å²) >= 11 is 0. The molecule has 0 aliphatic heterocycles. The van der Waals surface area contributed by atoms with E-state index in [-0.39, 0.29) is 12.4 Å². The van der Waals surface area contributed by atoms with Gasteiger partial charge in [-0.05, 0) is 6.92 Å². The van der Waals surface area contributed by atoms with Crippen molar-refractivity contribution in [2.45, 2.75) is 6.92 Å². The molecular formula is C8H10O4. The van der Waals surface area contributed by atoms with Crippen LogP contribution in [0, 0.1) is 0 Å². The first-order valence-corrected chi connectivity index (χ1v) is 3.23. The maximum absolute atomic E-state index is 10.7. The molecule has 0 saturated carbocycles. The minimum atomic E-state index is -1.07. The largest absolute Gasteiger partial charge is 0.453 e. The van der Waals surface area contributed by atoms with Crippen LogP contribution in [-0.2, 0) is 19.1 Å². The van der Waals surface area contributed by atoms with Crippen molar-refractivity contribution in [2.24, 2.45) is 0 Å². The summed E-state index contributed by atoms with van der Waals surface area (Å²) in [6, 6.07) is 0. The van der Waals surface area contributed by atoms with Gasteiger partial charge in [0, 0.05) is 0 Å². The van der Waals surface area contributed by atoms with E-state index in [0.29, 0.717) is 0 Å². The highest BCUT2D eigenvalue weighted by atomic mass is 16.6. The van der Waals surface area contributed by atoms with Crippen molar-refractivity contribution < 1.29 is 19.1 Å². The summed E-state index contributed by atoms with van der Waals surface area (Å²) in [6.45, 7) is 8.04. The molecule has 0 aromatic rings. The predicted molar refractivity (Wildman–Crippen MR) is 42.1 cm³/mol. The van der Waals surface area contributed by atoms with Crippen LogP contribution in [0.25, 0.3) is 0 Å². The third-order valence-electron chi connectivity index (χ3n) is 0.766. The van der Waals surface area contributed by atoms with Gasteiger partial charge in [0.05, 0.1) is 5.76 Å². The Labute approximate surface area is 70.5 Å². The summed E-state index contributed by atoms with van der Waals surface area (Å²) in [5.41, 5.74) is 0. The lowest BCUT2D eigenvalue weighted by Gasteiger charge is -2.01. The Morgan fingerprint density at radius 1 is 1.42 bits per heavy atom. The molecule has 0 N–H and O–H groups in total. The fraction of sp³-hybridized carbons (Fsp3) is 0.250. The van der Waals surface area contributed by atoms with Gasteiger partial charge in [-0.3, -0.25) is 0 Å². The lowest BCUT2D eigenvalue weighted by molar-refractivity contribution is -0.164. The number of hydrogen-bond donors (Lipinski definition) is 0. The Morgan fingerprint density at radius 3 is 2.42 bits per heavy atom.